The Morgan fingerprint density at radius 1 is 1.22 bits per heavy atom. The number of fused-ring (bicyclic) bond motifs is 1. The number of hydrogen-bond donors (Lipinski definition) is 3. The molecular formula is C24H33N3O5. The molecule has 3 aliphatic heterocycles. The van der Waals surface area contributed by atoms with Crippen molar-refractivity contribution in [2.45, 2.75) is 76.3 Å². The number of ether oxygens (including phenoxy) is 1. The van der Waals surface area contributed by atoms with Crippen LogP contribution in [0.15, 0.2) is 30.3 Å². The molecular weight excluding hydrogens is 410 g/mol. The number of likely N-dealkylation sites (tertiary alicyclic amines) is 1. The normalized spacial score (nSPS) is 34.0. The quantitative estimate of drug-likeness (QED) is 0.594. The van der Waals surface area contributed by atoms with Crippen LogP contribution < -0.4 is 10.6 Å². The average Bonchev–Trinajstić information content (AvgIpc) is 3.30. The lowest BCUT2D eigenvalue weighted by Crippen LogP contribution is -2.58. The van der Waals surface area contributed by atoms with Gasteiger partial charge in [-0.25, -0.2) is 0 Å². The monoisotopic (exact) mass is 443 g/mol. The van der Waals surface area contributed by atoms with E-state index >= 15 is 0 Å². The number of anilines is 1. The summed E-state index contributed by atoms with van der Waals surface area (Å²) in [5.41, 5.74) is -1.26. The van der Waals surface area contributed by atoms with E-state index in [4.69, 9.17) is 4.74 Å². The van der Waals surface area contributed by atoms with Crippen LogP contribution in [0.3, 0.4) is 0 Å². The first-order valence-electron chi connectivity index (χ1n) is 11.5. The highest BCUT2D eigenvalue weighted by Gasteiger charge is 2.78. The number of rotatable bonds is 7. The number of carbonyl (C=O) groups excluding carboxylic acids is 3. The highest BCUT2D eigenvalue weighted by Crippen LogP contribution is 2.63. The Balaban J connectivity index is 1.75. The van der Waals surface area contributed by atoms with Gasteiger partial charge in [0, 0.05) is 11.7 Å². The van der Waals surface area contributed by atoms with Crippen molar-refractivity contribution in [2.75, 3.05) is 11.9 Å². The number of nitrogens with zero attached hydrogens (tertiary/aromatic N) is 1. The SMILES string of the molecule is CC[C@@H](CO)N1C(=O)[C@@H]2[C@H](C(=O)Nc3ccccc3)[C@]3(C)CCC2(O3)C1C(=O)NC(C)C. The molecule has 8 nitrogen and oxygen atoms in total. The molecule has 32 heavy (non-hydrogen) atoms. The minimum atomic E-state index is -1.08. The molecule has 3 N–H and O–H groups in total. The lowest BCUT2D eigenvalue weighted by molar-refractivity contribution is -0.149. The van der Waals surface area contributed by atoms with Crippen LogP contribution in [-0.4, -0.2) is 63.7 Å². The van der Waals surface area contributed by atoms with Gasteiger partial charge < -0.3 is 25.4 Å². The number of carbonyl (C=O) groups is 3. The fourth-order valence-electron chi connectivity index (χ4n) is 5.98. The van der Waals surface area contributed by atoms with Crippen molar-refractivity contribution in [1.82, 2.24) is 10.2 Å². The Kier molecular flexibility index (Phi) is 5.79. The van der Waals surface area contributed by atoms with E-state index in [0.717, 1.165) is 0 Å². The van der Waals surface area contributed by atoms with E-state index in [9.17, 15) is 19.5 Å². The highest BCUT2D eigenvalue weighted by atomic mass is 16.5. The van der Waals surface area contributed by atoms with Crippen molar-refractivity contribution in [2.24, 2.45) is 11.8 Å². The molecule has 1 spiro atoms. The van der Waals surface area contributed by atoms with Crippen molar-refractivity contribution in [3.8, 4) is 0 Å². The van der Waals surface area contributed by atoms with Crippen LogP contribution in [0.4, 0.5) is 5.69 Å². The Hall–Kier alpha value is -2.45. The molecule has 2 unspecified atom stereocenters. The van der Waals surface area contributed by atoms with E-state index in [1.807, 2.05) is 45.9 Å². The van der Waals surface area contributed by atoms with Gasteiger partial charge in [-0.15, -0.1) is 0 Å². The van der Waals surface area contributed by atoms with Crippen molar-refractivity contribution < 1.29 is 24.2 Å². The van der Waals surface area contributed by atoms with Crippen LogP contribution >= 0.6 is 0 Å². The standard InChI is InChI=1S/C24H33N3O5/c1-5-16(13-28)27-19(21(30)25-14(2)3)24-12-11-23(4,32-24)17(18(24)22(27)31)20(29)26-15-9-7-6-8-10-15/h6-10,14,16-19,28H,5,11-13H2,1-4H3,(H,25,30)(H,26,29)/t16-,17+,18-,19?,23-,24?/m0/s1. The van der Waals surface area contributed by atoms with Gasteiger partial charge in [-0.05, 0) is 52.2 Å². The minimum Gasteiger partial charge on any atom is -0.394 e. The largest absolute Gasteiger partial charge is 0.394 e. The number of nitrogens with one attached hydrogen (secondary N) is 2. The summed E-state index contributed by atoms with van der Waals surface area (Å²) in [6, 6.07) is 7.61. The molecule has 174 valence electrons. The lowest BCUT2D eigenvalue weighted by atomic mass is 9.66. The molecule has 1 aromatic carbocycles. The number of hydrogen-bond acceptors (Lipinski definition) is 5. The van der Waals surface area contributed by atoms with Gasteiger partial charge in [-0.2, -0.15) is 0 Å². The summed E-state index contributed by atoms with van der Waals surface area (Å²) in [5.74, 6) is -2.35. The maximum absolute atomic E-state index is 13.8. The zero-order chi connectivity index (χ0) is 23.3. The minimum absolute atomic E-state index is 0.115. The molecule has 1 aromatic rings. The van der Waals surface area contributed by atoms with E-state index in [1.54, 1.807) is 12.1 Å². The van der Waals surface area contributed by atoms with E-state index in [0.29, 0.717) is 24.9 Å². The van der Waals surface area contributed by atoms with Crippen LogP contribution in [0, 0.1) is 11.8 Å². The van der Waals surface area contributed by atoms with E-state index < -0.39 is 35.1 Å². The van der Waals surface area contributed by atoms with Crippen LogP contribution in [0.1, 0.15) is 47.0 Å². The van der Waals surface area contributed by atoms with E-state index in [2.05, 4.69) is 10.6 Å². The summed E-state index contributed by atoms with van der Waals surface area (Å²) in [6.45, 7) is 7.21. The third-order valence-corrected chi connectivity index (χ3v) is 7.29. The molecule has 0 radical (unpaired) electrons. The molecule has 8 heteroatoms. The highest BCUT2D eigenvalue weighted by molar-refractivity contribution is 6.02. The molecule has 0 aromatic heterocycles. The van der Waals surface area contributed by atoms with Gasteiger partial charge in [-0.3, -0.25) is 14.4 Å². The summed E-state index contributed by atoms with van der Waals surface area (Å²) in [5, 5.41) is 15.9. The number of para-hydroxylation sites is 1. The first-order chi connectivity index (χ1) is 15.2. The fourth-order valence-corrected chi connectivity index (χ4v) is 5.98. The van der Waals surface area contributed by atoms with Gasteiger partial charge in [-0.1, -0.05) is 25.1 Å². The molecule has 0 aliphatic carbocycles. The number of aliphatic hydroxyl groups excluding tert-OH is 1. The zero-order valence-corrected chi connectivity index (χ0v) is 19.1. The van der Waals surface area contributed by atoms with Crippen LogP contribution in [0.2, 0.25) is 0 Å². The van der Waals surface area contributed by atoms with Gasteiger partial charge in [0.2, 0.25) is 17.7 Å². The Morgan fingerprint density at radius 2 is 1.91 bits per heavy atom. The molecule has 0 saturated carbocycles. The maximum Gasteiger partial charge on any atom is 0.246 e. The maximum atomic E-state index is 13.8. The van der Waals surface area contributed by atoms with Crippen molar-refractivity contribution in [3.05, 3.63) is 30.3 Å². The molecule has 3 fully saturated rings. The Bertz CT molecular complexity index is 902. The summed E-state index contributed by atoms with van der Waals surface area (Å²) >= 11 is 0. The third kappa shape index (κ3) is 3.31. The summed E-state index contributed by atoms with van der Waals surface area (Å²) in [6.07, 6.45) is 1.59. The predicted molar refractivity (Wildman–Crippen MR) is 119 cm³/mol. The van der Waals surface area contributed by atoms with Gasteiger partial charge in [0.15, 0.2) is 0 Å². The Labute approximate surface area is 188 Å². The van der Waals surface area contributed by atoms with Gasteiger partial charge in [0.1, 0.15) is 11.6 Å². The van der Waals surface area contributed by atoms with Gasteiger partial charge in [0.05, 0.1) is 30.1 Å². The van der Waals surface area contributed by atoms with Crippen molar-refractivity contribution in [3.63, 3.8) is 0 Å². The third-order valence-electron chi connectivity index (χ3n) is 7.29. The second-order valence-electron chi connectivity index (χ2n) is 9.74. The number of benzene rings is 1. The zero-order valence-electron chi connectivity index (χ0n) is 19.1. The summed E-state index contributed by atoms with van der Waals surface area (Å²) in [4.78, 5) is 42.1. The smallest absolute Gasteiger partial charge is 0.246 e. The summed E-state index contributed by atoms with van der Waals surface area (Å²) in [7, 11) is 0. The molecule has 3 amide bonds. The summed E-state index contributed by atoms with van der Waals surface area (Å²) < 4.78 is 6.53. The average molecular weight is 444 g/mol. The fraction of sp³-hybridized carbons (Fsp3) is 0.625. The van der Waals surface area contributed by atoms with Crippen LogP contribution in [0.25, 0.3) is 0 Å². The first-order valence-corrected chi connectivity index (χ1v) is 11.5. The molecule has 6 atom stereocenters. The lowest BCUT2D eigenvalue weighted by Gasteiger charge is -2.37. The predicted octanol–water partition coefficient (Wildman–Crippen LogP) is 1.69. The van der Waals surface area contributed by atoms with Crippen LogP contribution in [0.5, 0.6) is 0 Å². The molecule has 3 aliphatic rings. The topological polar surface area (TPSA) is 108 Å². The van der Waals surface area contributed by atoms with E-state index in [-0.39, 0.29) is 30.4 Å². The van der Waals surface area contributed by atoms with Gasteiger partial charge >= 0.3 is 0 Å². The molecule has 3 heterocycles. The van der Waals surface area contributed by atoms with Crippen molar-refractivity contribution >= 4 is 23.4 Å². The second kappa shape index (κ2) is 8.15. The molecule has 4 rings (SSSR count). The van der Waals surface area contributed by atoms with Crippen molar-refractivity contribution in [1.29, 1.82) is 0 Å². The number of aliphatic hydroxyl groups is 1. The second-order valence-corrected chi connectivity index (χ2v) is 9.74. The van der Waals surface area contributed by atoms with Gasteiger partial charge in [0.25, 0.3) is 0 Å². The molecule has 3 saturated heterocycles. The molecule has 2 bridgehead atoms. The number of amides is 3. The van der Waals surface area contributed by atoms with Crippen LogP contribution in [-0.2, 0) is 19.1 Å². The first kappa shape index (κ1) is 22.7. The Morgan fingerprint density at radius 3 is 2.50 bits per heavy atom. The van der Waals surface area contributed by atoms with E-state index in [1.165, 1.54) is 4.90 Å².